The number of aromatic nitrogens is 2. The fraction of sp³-hybridized carbons (Fsp3) is 0.583. The molecule has 0 aromatic carbocycles. The molecule has 2 amide bonds. The number of hydrogen-bond donors (Lipinski definition) is 2. The van der Waals surface area contributed by atoms with Crippen molar-refractivity contribution in [2.24, 2.45) is 12.8 Å². The Morgan fingerprint density at radius 3 is 3.00 bits per heavy atom. The highest BCUT2D eigenvalue weighted by Gasteiger charge is 2.34. The van der Waals surface area contributed by atoms with E-state index in [0.717, 1.165) is 5.69 Å². The molecule has 1 aromatic rings. The Labute approximate surface area is 111 Å². The van der Waals surface area contributed by atoms with Crippen LogP contribution in [0, 0.1) is 0 Å². The Morgan fingerprint density at radius 2 is 2.42 bits per heavy atom. The molecule has 2 rings (SSSR count). The summed E-state index contributed by atoms with van der Waals surface area (Å²) in [4.78, 5) is 25.4. The maximum absolute atomic E-state index is 12.2. The molecular formula is C12H19N5O2. The zero-order valence-corrected chi connectivity index (χ0v) is 11.2. The molecule has 1 aliphatic heterocycles. The Hall–Kier alpha value is -1.89. The Balaban J connectivity index is 1.96. The highest BCUT2D eigenvalue weighted by Crippen LogP contribution is 2.20. The average molecular weight is 265 g/mol. The van der Waals surface area contributed by atoms with E-state index in [1.165, 1.54) is 0 Å². The number of aryl methyl sites for hydroxylation is 1. The summed E-state index contributed by atoms with van der Waals surface area (Å²) >= 11 is 0. The first-order chi connectivity index (χ1) is 8.97. The van der Waals surface area contributed by atoms with E-state index >= 15 is 0 Å². The van der Waals surface area contributed by atoms with E-state index in [0.29, 0.717) is 13.0 Å². The number of rotatable bonds is 4. The van der Waals surface area contributed by atoms with Crippen molar-refractivity contribution in [1.82, 2.24) is 15.1 Å². The molecule has 1 aliphatic rings. The molecule has 1 saturated heterocycles. The Bertz CT molecular complexity index is 482. The van der Waals surface area contributed by atoms with E-state index in [4.69, 9.17) is 5.73 Å². The third-order valence-corrected chi connectivity index (χ3v) is 3.05. The molecule has 7 nitrogen and oxygen atoms in total. The summed E-state index contributed by atoms with van der Waals surface area (Å²) in [7, 11) is 1.80. The van der Waals surface area contributed by atoms with Crippen molar-refractivity contribution in [2.75, 3.05) is 11.4 Å². The van der Waals surface area contributed by atoms with Gasteiger partial charge in [0, 0.05) is 32.3 Å². The van der Waals surface area contributed by atoms with Gasteiger partial charge in [-0.1, -0.05) is 0 Å². The molecule has 19 heavy (non-hydrogen) atoms. The molecular weight excluding hydrogens is 246 g/mol. The van der Waals surface area contributed by atoms with Crippen LogP contribution in [-0.4, -0.2) is 40.2 Å². The molecule has 0 bridgehead atoms. The number of carbonyl (C=O) groups excluding carboxylic acids is 2. The molecule has 2 heterocycles. The van der Waals surface area contributed by atoms with Crippen LogP contribution in [0.1, 0.15) is 19.8 Å². The fourth-order valence-corrected chi connectivity index (χ4v) is 2.16. The Kier molecular flexibility index (Phi) is 3.84. The summed E-state index contributed by atoms with van der Waals surface area (Å²) < 4.78 is 1.64. The third kappa shape index (κ3) is 3.11. The molecule has 0 aliphatic carbocycles. The SMILES string of the molecule is CC(N)CC(=O)NC1CCN(c2cnn(C)c2)C1=O. The van der Waals surface area contributed by atoms with Crippen molar-refractivity contribution in [3.8, 4) is 0 Å². The maximum Gasteiger partial charge on any atom is 0.249 e. The number of nitrogens with two attached hydrogens (primary N) is 1. The van der Waals surface area contributed by atoms with Crippen LogP contribution in [0.3, 0.4) is 0 Å². The van der Waals surface area contributed by atoms with Gasteiger partial charge in [-0.2, -0.15) is 5.10 Å². The smallest absolute Gasteiger partial charge is 0.249 e. The Morgan fingerprint density at radius 1 is 1.68 bits per heavy atom. The highest BCUT2D eigenvalue weighted by atomic mass is 16.2. The molecule has 2 atom stereocenters. The molecule has 0 radical (unpaired) electrons. The van der Waals surface area contributed by atoms with Crippen LogP contribution in [0.2, 0.25) is 0 Å². The predicted molar refractivity (Wildman–Crippen MR) is 70.4 cm³/mol. The molecule has 104 valence electrons. The summed E-state index contributed by atoms with van der Waals surface area (Å²) in [5.74, 6) is -0.271. The van der Waals surface area contributed by atoms with Crippen molar-refractivity contribution in [3.63, 3.8) is 0 Å². The summed E-state index contributed by atoms with van der Waals surface area (Å²) in [6.07, 6.45) is 4.27. The second-order valence-corrected chi connectivity index (χ2v) is 4.95. The monoisotopic (exact) mass is 265 g/mol. The van der Waals surface area contributed by atoms with Gasteiger partial charge in [-0.05, 0) is 13.3 Å². The first-order valence-corrected chi connectivity index (χ1v) is 6.32. The van der Waals surface area contributed by atoms with Gasteiger partial charge in [-0.3, -0.25) is 14.3 Å². The molecule has 3 N–H and O–H groups in total. The van der Waals surface area contributed by atoms with E-state index < -0.39 is 6.04 Å². The average Bonchev–Trinajstić information content (AvgIpc) is 2.86. The van der Waals surface area contributed by atoms with Gasteiger partial charge in [-0.25, -0.2) is 0 Å². The lowest BCUT2D eigenvalue weighted by molar-refractivity contribution is -0.126. The third-order valence-electron chi connectivity index (χ3n) is 3.05. The normalized spacial score (nSPS) is 20.7. The van der Waals surface area contributed by atoms with E-state index in [9.17, 15) is 9.59 Å². The molecule has 1 aromatic heterocycles. The van der Waals surface area contributed by atoms with Gasteiger partial charge in [0.1, 0.15) is 6.04 Å². The van der Waals surface area contributed by atoms with E-state index in [2.05, 4.69) is 10.4 Å². The molecule has 2 unspecified atom stereocenters. The number of nitrogens with zero attached hydrogens (tertiary/aromatic N) is 3. The zero-order valence-electron chi connectivity index (χ0n) is 11.2. The van der Waals surface area contributed by atoms with Crippen LogP contribution in [0.15, 0.2) is 12.4 Å². The minimum Gasteiger partial charge on any atom is -0.344 e. The molecule has 1 fully saturated rings. The lowest BCUT2D eigenvalue weighted by Gasteiger charge is -2.15. The minimum absolute atomic E-state index is 0.0916. The second-order valence-electron chi connectivity index (χ2n) is 4.95. The quantitative estimate of drug-likeness (QED) is 0.758. The first-order valence-electron chi connectivity index (χ1n) is 6.32. The summed E-state index contributed by atoms with van der Waals surface area (Å²) in [5.41, 5.74) is 6.32. The number of hydrogen-bond acceptors (Lipinski definition) is 4. The maximum atomic E-state index is 12.2. The van der Waals surface area contributed by atoms with E-state index in [1.807, 2.05) is 0 Å². The largest absolute Gasteiger partial charge is 0.344 e. The van der Waals surface area contributed by atoms with Gasteiger partial charge < -0.3 is 16.0 Å². The van der Waals surface area contributed by atoms with E-state index in [1.54, 1.807) is 35.9 Å². The van der Waals surface area contributed by atoms with Crippen LogP contribution >= 0.6 is 0 Å². The standard InChI is InChI=1S/C12H19N5O2/c1-8(13)5-11(18)15-10-3-4-17(12(10)19)9-6-14-16(2)7-9/h6-8,10H,3-5,13H2,1-2H3,(H,15,18). The van der Waals surface area contributed by atoms with Gasteiger partial charge in [0.05, 0.1) is 11.9 Å². The highest BCUT2D eigenvalue weighted by molar-refractivity contribution is 6.01. The summed E-state index contributed by atoms with van der Waals surface area (Å²) in [5, 5.41) is 6.77. The summed E-state index contributed by atoms with van der Waals surface area (Å²) in [6, 6.07) is -0.655. The lowest BCUT2D eigenvalue weighted by atomic mass is 10.2. The van der Waals surface area contributed by atoms with Gasteiger partial charge in [0.25, 0.3) is 0 Å². The van der Waals surface area contributed by atoms with Crippen LogP contribution < -0.4 is 16.0 Å². The van der Waals surface area contributed by atoms with Gasteiger partial charge >= 0.3 is 0 Å². The van der Waals surface area contributed by atoms with Crippen LogP contribution in [0.5, 0.6) is 0 Å². The van der Waals surface area contributed by atoms with Crippen molar-refractivity contribution in [1.29, 1.82) is 0 Å². The fourth-order valence-electron chi connectivity index (χ4n) is 2.16. The molecule has 0 saturated carbocycles. The van der Waals surface area contributed by atoms with Gasteiger partial charge in [0.15, 0.2) is 0 Å². The number of amides is 2. The molecule has 0 spiro atoms. The van der Waals surface area contributed by atoms with Crippen molar-refractivity contribution < 1.29 is 9.59 Å². The van der Waals surface area contributed by atoms with Crippen LogP contribution in [0.4, 0.5) is 5.69 Å². The number of nitrogens with one attached hydrogen (secondary N) is 1. The predicted octanol–water partition coefficient (Wildman–Crippen LogP) is -0.621. The van der Waals surface area contributed by atoms with Crippen LogP contribution in [0.25, 0.3) is 0 Å². The first kappa shape index (κ1) is 13.5. The van der Waals surface area contributed by atoms with Crippen molar-refractivity contribution in [3.05, 3.63) is 12.4 Å². The number of carbonyl (C=O) groups is 2. The lowest BCUT2D eigenvalue weighted by Crippen LogP contribution is -2.42. The second kappa shape index (κ2) is 5.40. The van der Waals surface area contributed by atoms with Crippen LogP contribution in [-0.2, 0) is 16.6 Å². The van der Waals surface area contributed by atoms with Gasteiger partial charge in [-0.15, -0.1) is 0 Å². The van der Waals surface area contributed by atoms with E-state index in [-0.39, 0.29) is 24.3 Å². The number of anilines is 1. The zero-order chi connectivity index (χ0) is 14.0. The van der Waals surface area contributed by atoms with Crippen molar-refractivity contribution in [2.45, 2.75) is 31.8 Å². The minimum atomic E-state index is -0.452. The van der Waals surface area contributed by atoms with Gasteiger partial charge in [0.2, 0.25) is 11.8 Å². The summed E-state index contributed by atoms with van der Waals surface area (Å²) in [6.45, 7) is 2.35. The topological polar surface area (TPSA) is 93.2 Å². The molecule has 7 heteroatoms. The van der Waals surface area contributed by atoms with Crippen molar-refractivity contribution >= 4 is 17.5 Å².